The Balaban J connectivity index is 2.12. The van der Waals surface area contributed by atoms with Crippen LogP contribution in [0.2, 0.25) is 5.02 Å². The zero-order valence-electron chi connectivity index (χ0n) is 12.1. The molecule has 2 unspecified atom stereocenters. The van der Waals surface area contributed by atoms with Gasteiger partial charge in [-0.15, -0.1) is 0 Å². The zero-order chi connectivity index (χ0) is 15.4. The summed E-state index contributed by atoms with van der Waals surface area (Å²) >= 11 is 5.95. The van der Waals surface area contributed by atoms with Crippen LogP contribution < -0.4 is 5.32 Å². The molecule has 1 aromatic carbocycles. The lowest BCUT2D eigenvalue weighted by Gasteiger charge is -2.23. The minimum absolute atomic E-state index is 0.229. The monoisotopic (exact) mass is 309 g/mol. The number of carboxylic acid groups (broad SMARTS) is 1. The van der Waals surface area contributed by atoms with E-state index in [1.54, 1.807) is 18.2 Å². The molecule has 0 saturated heterocycles. The van der Waals surface area contributed by atoms with Crippen molar-refractivity contribution in [3.8, 4) is 0 Å². The van der Waals surface area contributed by atoms with E-state index in [1.807, 2.05) is 6.92 Å². The first-order chi connectivity index (χ1) is 9.99. The normalized spacial score (nSPS) is 22.4. The number of rotatable bonds is 3. The van der Waals surface area contributed by atoms with Crippen LogP contribution in [0.25, 0.3) is 0 Å². The number of nitrogens with one attached hydrogen (secondary N) is 1. The Kier molecular flexibility index (Phi) is 5.23. The Morgan fingerprint density at radius 3 is 2.62 bits per heavy atom. The molecule has 1 aliphatic rings. The highest BCUT2D eigenvalue weighted by Gasteiger charge is 2.30. The number of hydrogen-bond donors (Lipinski definition) is 2. The summed E-state index contributed by atoms with van der Waals surface area (Å²) in [6.07, 6.45) is 4.23. The first kappa shape index (κ1) is 15.8. The molecule has 2 atom stereocenters. The maximum Gasteiger partial charge on any atom is 0.308 e. The number of amides is 1. The molecule has 0 radical (unpaired) electrons. The van der Waals surface area contributed by atoms with Crippen molar-refractivity contribution >= 4 is 23.5 Å². The molecule has 0 spiro atoms. The molecule has 0 aromatic heterocycles. The maximum atomic E-state index is 12.3. The van der Waals surface area contributed by atoms with E-state index in [9.17, 15) is 14.7 Å². The molecule has 1 fully saturated rings. The van der Waals surface area contributed by atoms with E-state index in [1.165, 1.54) is 0 Å². The summed E-state index contributed by atoms with van der Waals surface area (Å²) in [7, 11) is 0. The van der Waals surface area contributed by atoms with Gasteiger partial charge in [-0.05, 0) is 43.5 Å². The van der Waals surface area contributed by atoms with Gasteiger partial charge in [0.15, 0.2) is 0 Å². The van der Waals surface area contributed by atoms with Crippen molar-refractivity contribution in [2.24, 2.45) is 5.92 Å². The molecule has 0 heterocycles. The number of benzene rings is 1. The highest BCUT2D eigenvalue weighted by Crippen LogP contribution is 2.24. The van der Waals surface area contributed by atoms with Gasteiger partial charge in [0, 0.05) is 16.6 Å². The fraction of sp³-hybridized carbons (Fsp3) is 0.500. The van der Waals surface area contributed by atoms with Gasteiger partial charge in [0.2, 0.25) is 0 Å². The SMILES string of the molecule is Cc1cc(C(=O)NC2CCCCCC2C(=O)O)ccc1Cl. The Bertz CT molecular complexity index is 544. The number of carboxylic acids is 1. The lowest BCUT2D eigenvalue weighted by molar-refractivity contribution is -0.142. The van der Waals surface area contributed by atoms with Crippen LogP contribution in [0.1, 0.15) is 48.0 Å². The van der Waals surface area contributed by atoms with Crippen molar-refractivity contribution < 1.29 is 14.7 Å². The predicted octanol–water partition coefficient (Wildman–Crippen LogP) is 3.41. The number of hydrogen-bond acceptors (Lipinski definition) is 2. The summed E-state index contributed by atoms with van der Waals surface area (Å²) < 4.78 is 0. The van der Waals surface area contributed by atoms with Crippen LogP contribution in [0, 0.1) is 12.8 Å². The van der Waals surface area contributed by atoms with Crippen LogP contribution in [0.4, 0.5) is 0 Å². The van der Waals surface area contributed by atoms with E-state index in [0.29, 0.717) is 17.0 Å². The van der Waals surface area contributed by atoms with E-state index in [4.69, 9.17) is 11.6 Å². The lowest BCUT2D eigenvalue weighted by Crippen LogP contribution is -2.42. The molecule has 1 aliphatic carbocycles. The Hall–Kier alpha value is -1.55. The van der Waals surface area contributed by atoms with Gasteiger partial charge in [-0.25, -0.2) is 0 Å². The van der Waals surface area contributed by atoms with Crippen LogP contribution >= 0.6 is 11.6 Å². The van der Waals surface area contributed by atoms with Gasteiger partial charge in [-0.1, -0.05) is 30.9 Å². The zero-order valence-corrected chi connectivity index (χ0v) is 12.8. The van der Waals surface area contributed by atoms with Crippen molar-refractivity contribution in [3.05, 3.63) is 34.3 Å². The average Bonchev–Trinajstić information content (AvgIpc) is 2.67. The Morgan fingerprint density at radius 1 is 1.24 bits per heavy atom. The van der Waals surface area contributed by atoms with Crippen LogP contribution in [-0.4, -0.2) is 23.0 Å². The van der Waals surface area contributed by atoms with Crippen LogP contribution in [0.15, 0.2) is 18.2 Å². The van der Waals surface area contributed by atoms with Crippen molar-refractivity contribution in [2.75, 3.05) is 0 Å². The highest BCUT2D eigenvalue weighted by molar-refractivity contribution is 6.31. The van der Waals surface area contributed by atoms with Crippen molar-refractivity contribution in [2.45, 2.75) is 45.1 Å². The standard InChI is InChI=1S/C16H20ClNO3/c1-10-9-11(7-8-13(10)17)15(19)18-14-6-4-2-3-5-12(14)16(20)21/h7-9,12,14H,2-6H2,1H3,(H,18,19)(H,20,21). The highest BCUT2D eigenvalue weighted by atomic mass is 35.5. The second-order valence-electron chi connectivity index (χ2n) is 5.63. The van der Waals surface area contributed by atoms with Crippen molar-refractivity contribution in [1.82, 2.24) is 5.32 Å². The molecule has 0 bridgehead atoms. The minimum atomic E-state index is -0.825. The average molecular weight is 310 g/mol. The number of aliphatic carboxylic acids is 1. The quantitative estimate of drug-likeness (QED) is 0.841. The molecular formula is C16H20ClNO3. The molecule has 1 aromatic rings. The van der Waals surface area contributed by atoms with E-state index < -0.39 is 11.9 Å². The summed E-state index contributed by atoms with van der Waals surface area (Å²) in [6.45, 7) is 1.84. The van der Waals surface area contributed by atoms with Gasteiger partial charge < -0.3 is 10.4 Å². The van der Waals surface area contributed by atoms with E-state index in [0.717, 1.165) is 31.2 Å². The molecule has 1 amide bonds. The van der Waals surface area contributed by atoms with E-state index >= 15 is 0 Å². The predicted molar refractivity (Wildman–Crippen MR) is 81.7 cm³/mol. The third kappa shape index (κ3) is 3.97. The summed E-state index contributed by atoms with van der Waals surface area (Å²) in [5, 5.41) is 12.8. The maximum absolute atomic E-state index is 12.3. The number of aryl methyl sites for hydroxylation is 1. The van der Waals surface area contributed by atoms with Crippen molar-refractivity contribution in [1.29, 1.82) is 0 Å². The lowest BCUT2D eigenvalue weighted by atomic mass is 9.94. The summed E-state index contributed by atoms with van der Waals surface area (Å²) in [5.74, 6) is -1.55. The molecule has 0 aliphatic heterocycles. The van der Waals surface area contributed by atoms with E-state index in [2.05, 4.69) is 5.32 Å². The molecule has 1 saturated carbocycles. The molecule has 114 valence electrons. The summed E-state index contributed by atoms with van der Waals surface area (Å²) in [5.41, 5.74) is 1.35. The van der Waals surface area contributed by atoms with Gasteiger partial charge in [0.25, 0.3) is 5.91 Å². The molecule has 4 nitrogen and oxygen atoms in total. The van der Waals surface area contributed by atoms with Crippen molar-refractivity contribution in [3.63, 3.8) is 0 Å². The number of halogens is 1. The van der Waals surface area contributed by atoms with Crippen LogP contribution in [0.5, 0.6) is 0 Å². The van der Waals surface area contributed by atoms with Gasteiger partial charge in [-0.3, -0.25) is 9.59 Å². The third-order valence-electron chi connectivity index (χ3n) is 4.07. The molecule has 5 heteroatoms. The molecule has 2 rings (SSSR count). The first-order valence-corrected chi connectivity index (χ1v) is 7.66. The minimum Gasteiger partial charge on any atom is -0.481 e. The van der Waals surface area contributed by atoms with Gasteiger partial charge in [0.1, 0.15) is 0 Å². The smallest absolute Gasteiger partial charge is 0.308 e. The fourth-order valence-corrected chi connectivity index (χ4v) is 2.93. The van der Waals surface area contributed by atoms with Crippen LogP contribution in [0.3, 0.4) is 0 Å². The largest absolute Gasteiger partial charge is 0.481 e. The second kappa shape index (κ2) is 6.94. The Morgan fingerprint density at radius 2 is 1.95 bits per heavy atom. The fourth-order valence-electron chi connectivity index (χ4n) is 2.81. The number of carbonyl (C=O) groups excluding carboxylic acids is 1. The third-order valence-corrected chi connectivity index (χ3v) is 4.49. The molecular weight excluding hydrogens is 290 g/mol. The summed E-state index contributed by atoms with van der Waals surface area (Å²) in [6, 6.07) is 4.78. The topological polar surface area (TPSA) is 66.4 Å². The summed E-state index contributed by atoms with van der Waals surface area (Å²) in [4.78, 5) is 23.7. The number of carbonyl (C=O) groups is 2. The second-order valence-corrected chi connectivity index (χ2v) is 6.03. The Labute approximate surface area is 129 Å². The molecule has 2 N–H and O–H groups in total. The van der Waals surface area contributed by atoms with E-state index in [-0.39, 0.29) is 11.9 Å². The van der Waals surface area contributed by atoms with Gasteiger partial charge in [0.05, 0.1) is 5.92 Å². The van der Waals surface area contributed by atoms with Gasteiger partial charge >= 0.3 is 5.97 Å². The first-order valence-electron chi connectivity index (χ1n) is 7.29. The molecule has 21 heavy (non-hydrogen) atoms. The van der Waals surface area contributed by atoms with Crippen LogP contribution in [-0.2, 0) is 4.79 Å². The van der Waals surface area contributed by atoms with Gasteiger partial charge in [-0.2, -0.15) is 0 Å².